The Balaban J connectivity index is 2.02. The van der Waals surface area contributed by atoms with Crippen molar-refractivity contribution in [1.82, 2.24) is 10.3 Å². The lowest BCUT2D eigenvalue weighted by atomic mass is 9.96. The van der Waals surface area contributed by atoms with Crippen LogP contribution < -0.4 is 5.32 Å². The minimum absolute atomic E-state index is 0.195. The molecule has 2 heterocycles. The summed E-state index contributed by atoms with van der Waals surface area (Å²) in [6.45, 7) is 6.23. The standard InChI is InChI=1S/C14H20N2O3/c1-9-4-5-12(10(2)16-9)13(17)15-8-14(18)6-7-19-11(14)3/h4-5,11,18H,6-8H2,1-3H3,(H,15,17). The fraction of sp³-hybridized carbons (Fsp3) is 0.571. The summed E-state index contributed by atoms with van der Waals surface area (Å²) >= 11 is 0. The Kier molecular flexibility index (Phi) is 3.87. The molecule has 5 nitrogen and oxygen atoms in total. The molecule has 2 unspecified atom stereocenters. The van der Waals surface area contributed by atoms with E-state index in [9.17, 15) is 9.90 Å². The minimum Gasteiger partial charge on any atom is -0.385 e. The molecule has 1 aliphatic heterocycles. The van der Waals surface area contributed by atoms with Crippen molar-refractivity contribution in [2.24, 2.45) is 0 Å². The van der Waals surface area contributed by atoms with Crippen LogP contribution in [-0.2, 0) is 4.74 Å². The summed E-state index contributed by atoms with van der Waals surface area (Å²) < 4.78 is 5.33. The third kappa shape index (κ3) is 2.93. The van der Waals surface area contributed by atoms with Crippen LogP contribution in [0, 0.1) is 13.8 Å². The number of pyridine rings is 1. The molecule has 1 aromatic heterocycles. The summed E-state index contributed by atoms with van der Waals surface area (Å²) in [6, 6.07) is 3.56. The van der Waals surface area contributed by atoms with Crippen molar-refractivity contribution >= 4 is 5.91 Å². The van der Waals surface area contributed by atoms with Gasteiger partial charge in [-0.05, 0) is 32.9 Å². The van der Waals surface area contributed by atoms with Crippen molar-refractivity contribution in [3.8, 4) is 0 Å². The second-order valence-corrected chi connectivity index (χ2v) is 5.13. The molecule has 0 saturated carbocycles. The van der Waals surface area contributed by atoms with Crippen LogP contribution in [0.2, 0.25) is 0 Å². The summed E-state index contributed by atoms with van der Waals surface area (Å²) in [7, 11) is 0. The normalized spacial score (nSPS) is 26.4. The Morgan fingerprint density at radius 3 is 2.89 bits per heavy atom. The number of ether oxygens (including phenoxy) is 1. The summed E-state index contributed by atoms with van der Waals surface area (Å²) in [5.74, 6) is -0.211. The van der Waals surface area contributed by atoms with E-state index in [1.165, 1.54) is 0 Å². The molecule has 0 bridgehead atoms. The zero-order valence-electron chi connectivity index (χ0n) is 11.6. The van der Waals surface area contributed by atoms with Gasteiger partial charge in [0, 0.05) is 25.3 Å². The Labute approximate surface area is 113 Å². The Morgan fingerprint density at radius 1 is 1.58 bits per heavy atom. The lowest BCUT2D eigenvalue weighted by molar-refractivity contribution is -0.0251. The number of hydrogen-bond donors (Lipinski definition) is 2. The summed E-state index contributed by atoms with van der Waals surface area (Å²) in [6.07, 6.45) is 0.282. The van der Waals surface area contributed by atoms with Crippen LogP contribution in [0.3, 0.4) is 0 Å². The molecule has 2 N–H and O–H groups in total. The zero-order chi connectivity index (χ0) is 14.0. The van der Waals surface area contributed by atoms with E-state index in [2.05, 4.69) is 10.3 Å². The van der Waals surface area contributed by atoms with Crippen molar-refractivity contribution in [1.29, 1.82) is 0 Å². The van der Waals surface area contributed by atoms with Crippen molar-refractivity contribution in [2.45, 2.75) is 38.9 Å². The van der Waals surface area contributed by atoms with Crippen molar-refractivity contribution in [3.05, 3.63) is 29.1 Å². The lowest BCUT2D eigenvalue weighted by Crippen LogP contribution is -2.47. The highest BCUT2D eigenvalue weighted by molar-refractivity contribution is 5.95. The molecule has 1 aromatic rings. The molecule has 5 heteroatoms. The van der Waals surface area contributed by atoms with Crippen LogP contribution in [0.5, 0.6) is 0 Å². The highest BCUT2D eigenvalue weighted by Crippen LogP contribution is 2.24. The van der Waals surface area contributed by atoms with Crippen LogP contribution >= 0.6 is 0 Å². The van der Waals surface area contributed by atoms with Gasteiger partial charge >= 0.3 is 0 Å². The Morgan fingerprint density at radius 2 is 2.32 bits per heavy atom. The summed E-state index contributed by atoms with van der Waals surface area (Å²) in [4.78, 5) is 16.3. The average molecular weight is 264 g/mol. The van der Waals surface area contributed by atoms with Gasteiger partial charge in [-0.3, -0.25) is 9.78 Å². The van der Waals surface area contributed by atoms with E-state index < -0.39 is 5.60 Å². The number of aliphatic hydroxyl groups is 1. The van der Waals surface area contributed by atoms with E-state index in [-0.39, 0.29) is 18.6 Å². The van der Waals surface area contributed by atoms with E-state index >= 15 is 0 Å². The molecule has 0 aliphatic carbocycles. The molecule has 104 valence electrons. The van der Waals surface area contributed by atoms with Crippen LogP contribution in [0.15, 0.2) is 12.1 Å². The predicted molar refractivity (Wildman–Crippen MR) is 71.0 cm³/mol. The number of aryl methyl sites for hydroxylation is 2. The molecule has 1 fully saturated rings. The van der Waals surface area contributed by atoms with Gasteiger partial charge in [-0.15, -0.1) is 0 Å². The molecular weight excluding hydrogens is 244 g/mol. The topological polar surface area (TPSA) is 71.5 Å². The van der Waals surface area contributed by atoms with E-state index in [0.29, 0.717) is 24.3 Å². The van der Waals surface area contributed by atoms with Crippen molar-refractivity contribution in [3.63, 3.8) is 0 Å². The molecule has 2 rings (SSSR count). The number of amides is 1. The first-order valence-corrected chi connectivity index (χ1v) is 6.49. The molecule has 19 heavy (non-hydrogen) atoms. The number of nitrogens with zero attached hydrogens (tertiary/aromatic N) is 1. The van der Waals surface area contributed by atoms with Crippen molar-refractivity contribution < 1.29 is 14.6 Å². The van der Waals surface area contributed by atoms with Gasteiger partial charge in [0.2, 0.25) is 0 Å². The molecular formula is C14H20N2O3. The molecule has 1 amide bonds. The highest BCUT2D eigenvalue weighted by Gasteiger charge is 2.39. The maximum Gasteiger partial charge on any atom is 0.253 e. The number of carbonyl (C=O) groups is 1. The smallest absolute Gasteiger partial charge is 0.253 e. The van der Waals surface area contributed by atoms with Gasteiger partial charge in [0.05, 0.1) is 17.4 Å². The molecule has 0 aromatic carbocycles. The molecule has 1 aliphatic rings. The predicted octanol–water partition coefficient (Wildman–Crippen LogP) is 0.968. The van der Waals surface area contributed by atoms with Gasteiger partial charge in [-0.1, -0.05) is 0 Å². The SMILES string of the molecule is Cc1ccc(C(=O)NCC2(O)CCOC2C)c(C)n1. The van der Waals surface area contributed by atoms with E-state index in [0.717, 1.165) is 5.69 Å². The summed E-state index contributed by atoms with van der Waals surface area (Å²) in [5.41, 5.74) is 1.15. The Hall–Kier alpha value is -1.46. The van der Waals surface area contributed by atoms with Gasteiger partial charge < -0.3 is 15.2 Å². The quantitative estimate of drug-likeness (QED) is 0.853. The van der Waals surface area contributed by atoms with Crippen LogP contribution in [0.1, 0.15) is 35.1 Å². The zero-order valence-corrected chi connectivity index (χ0v) is 11.6. The highest BCUT2D eigenvalue weighted by atomic mass is 16.5. The maximum absolute atomic E-state index is 12.1. The molecule has 2 atom stereocenters. The number of rotatable bonds is 3. The first-order chi connectivity index (χ1) is 8.92. The molecule has 0 radical (unpaired) electrons. The van der Waals surface area contributed by atoms with Crippen LogP contribution in [-0.4, -0.2) is 40.9 Å². The number of aromatic nitrogens is 1. The maximum atomic E-state index is 12.1. The number of carbonyl (C=O) groups excluding carboxylic acids is 1. The lowest BCUT2D eigenvalue weighted by Gasteiger charge is -2.26. The second kappa shape index (κ2) is 5.27. The largest absolute Gasteiger partial charge is 0.385 e. The van der Waals surface area contributed by atoms with Gasteiger partial charge in [-0.2, -0.15) is 0 Å². The number of nitrogens with one attached hydrogen (secondary N) is 1. The first kappa shape index (κ1) is 14.0. The van der Waals surface area contributed by atoms with Gasteiger partial charge in [0.1, 0.15) is 5.60 Å². The Bertz CT molecular complexity index is 490. The molecule has 1 saturated heterocycles. The van der Waals surface area contributed by atoms with E-state index in [1.54, 1.807) is 19.1 Å². The third-order valence-electron chi connectivity index (χ3n) is 3.68. The number of hydrogen-bond acceptors (Lipinski definition) is 4. The van der Waals surface area contributed by atoms with E-state index in [1.807, 2.05) is 13.8 Å². The minimum atomic E-state index is -0.971. The third-order valence-corrected chi connectivity index (χ3v) is 3.68. The average Bonchev–Trinajstić information content (AvgIpc) is 2.67. The summed E-state index contributed by atoms with van der Waals surface area (Å²) in [5, 5.41) is 13.1. The van der Waals surface area contributed by atoms with Crippen LogP contribution in [0.25, 0.3) is 0 Å². The fourth-order valence-electron chi connectivity index (χ4n) is 2.26. The van der Waals surface area contributed by atoms with Crippen LogP contribution in [0.4, 0.5) is 0 Å². The molecule has 0 spiro atoms. The monoisotopic (exact) mass is 264 g/mol. The van der Waals surface area contributed by atoms with Gasteiger partial charge in [0.15, 0.2) is 0 Å². The van der Waals surface area contributed by atoms with Crippen molar-refractivity contribution in [2.75, 3.05) is 13.2 Å². The second-order valence-electron chi connectivity index (χ2n) is 5.13. The van der Waals surface area contributed by atoms with Gasteiger partial charge in [0.25, 0.3) is 5.91 Å². The van der Waals surface area contributed by atoms with E-state index in [4.69, 9.17) is 4.74 Å². The first-order valence-electron chi connectivity index (χ1n) is 6.49. The van der Waals surface area contributed by atoms with Gasteiger partial charge in [-0.25, -0.2) is 0 Å². The fourth-order valence-corrected chi connectivity index (χ4v) is 2.26.